The Hall–Kier alpha value is -2.01. The van der Waals surface area contributed by atoms with E-state index in [1.807, 2.05) is 4.90 Å². The predicted octanol–water partition coefficient (Wildman–Crippen LogP) is 10.7. The van der Waals surface area contributed by atoms with Gasteiger partial charge in [-0.1, -0.05) is 141 Å². The van der Waals surface area contributed by atoms with Crippen molar-refractivity contribution in [3.63, 3.8) is 0 Å². The minimum absolute atomic E-state index is 0.00620. The molecule has 9 nitrogen and oxygen atoms in total. The number of rotatable bonds is 42. The molecule has 0 atom stereocenters. The number of aliphatic hydroxyl groups excluding tert-OH is 2. The molecule has 0 unspecified atom stereocenters. The molecule has 0 aromatic heterocycles. The number of hydrogen-bond donors (Lipinski definition) is 3. The van der Waals surface area contributed by atoms with Crippen molar-refractivity contribution in [1.29, 1.82) is 0 Å². The standard InChI is InChI=1S/C46H86N2O7S/c1-3-5-7-9-11-13-15-17-19-21-23-25-27-29-31-33-44(51)53-41-43(55-46(56)47-35-36-48(37-39-49)38-40-50)42-54-45(52)34-32-30-28-26-24-22-20-18-16-14-12-10-8-6-4-2/h17-20,43,49-50H,3-16,21-42H2,1-2H3,(H,47,56)/b19-17-,20-18-. The van der Waals surface area contributed by atoms with Crippen LogP contribution in [-0.2, 0) is 23.8 Å². The number of aliphatic hydroxyl groups is 2. The van der Waals surface area contributed by atoms with Gasteiger partial charge in [0.15, 0.2) is 6.10 Å². The first-order valence-corrected chi connectivity index (χ1v) is 23.4. The first-order chi connectivity index (χ1) is 27.5. The first kappa shape index (κ1) is 54.0. The number of allylic oxidation sites excluding steroid dienone is 4. The van der Waals surface area contributed by atoms with Gasteiger partial charge in [-0.2, -0.15) is 0 Å². The molecular formula is C46H86N2O7S. The Balaban J connectivity index is 4.38. The number of hydrogen-bond acceptors (Lipinski definition) is 9. The third-order valence-electron chi connectivity index (χ3n) is 9.95. The molecule has 0 bridgehead atoms. The lowest BCUT2D eigenvalue weighted by Crippen LogP contribution is -2.40. The molecule has 0 amide bonds. The van der Waals surface area contributed by atoms with Crippen LogP contribution >= 0.6 is 12.2 Å². The Morgan fingerprint density at radius 2 is 0.911 bits per heavy atom. The number of unbranched alkanes of at least 4 members (excludes halogenated alkanes) is 22. The highest BCUT2D eigenvalue weighted by atomic mass is 32.1. The van der Waals surface area contributed by atoms with Crippen LogP contribution in [0.5, 0.6) is 0 Å². The quantitative estimate of drug-likeness (QED) is 0.0238. The summed E-state index contributed by atoms with van der Waals surface area (Å²) < 4.78 is 16.9. The lowest BCUT2D eigenvalue weighted by molar-refractivity contribution is -0.151. The van der Waals surface area contributed by atoms with Gasteiger partial charge in [0.1, 0.15) is 13.2 Å². The Bertz CT molecular complexity index is 886. The van der Waals surface area contributed by atoms with Crippen LogP contribution in [0.4, 0.5) is 0 Å². The molecule has 0 saturated carbocycles. The Labute approximate surface area is 349 Å². The van der Waals surface area contributed by atoms with Gasteiger partial charge in [0, 0.05) is 39.0 Å². The molecule has 0 radical (unpaired) electrons. The van der Waals surface area contributed by atoms with Crippen LogP contribution in [0.1, 0.15) is 194 Å². The summed E-state index contributed by atoms with van der Waals surface area (Å²) in [5.74, 6) is -0.586. The highest BCUT2D eigenvalue weighted by Crippen LogP contribution is 2.13. The van der Waals surface area contributed by atoms with Crippen molar-refractivity contribution < 1.29 is 34.0 Å². The van der Waals surface area contributed by atoms with Gasteiger partial charge in [-0.3, -0.25) is 14.5 Å². The maximum Gasteiger partial charge on any atom is 0.305 e. The third kappa shape index (κ3) is 40.2. The fourth-order valence-electron chi connectivity index (χ4n) is 6.44. The molecule has 0 saturated heterocycles. The first-order valence-electron chi connectivity index (χ1n) is 23.0. The number of nitrogens with one attached hydrogen (secondary N) is 1. The van der Waals surface area contributed by atoms with Crippen LogP contribution in [0.25, 0.3) is 0 Å². The maximum absolute atomic E-state index is 12.6. The number of carbonyl (C=O) groups is 2. The topological polar surface area (TPSA) is 118 Å². The summed E-state index contributed by atoms with van der Waals surface area (Å²) in [6.07, 6.45) is 40.4. The molecule has 0 aromatic carbocycles. The van der Waals surface area contributed by atoms with Crippen LogP contribution in [0.15, 0.2) is 24.3 Å². The lowest BCUT2D eigenvalue weighted by atomic mass is 10.1. The molecule has 0 rings (SSSR count). The summed E-state index contributed by atoms with van der Waals surface area (Å²) in [5, 5.41) is 21.6. The Morgan fingerprint density at radius 1 is 0.554 bits per heavy atom. The molecule has 0 aliphatic carbocycles. The number of esters is 2. The zero-order chi connectivity index (χ0) is 41.0. The van der Waals surface area contributed by atoms with E-state index in [2.05, 4.69) is 43.5 Å². The molecule has 328 valence electrons. The molecular weight excluding hydrogens is 725 g/mol. The fourth-order valence-corrected chi connectivity index (χ4v) is 6.68. The average Bonchev–Trinajstić information content (AvgIpc) is 3.19. The Kier molecular flexibility index (Phi) is 42.5. The molecule has 56 heavy (non-hydrogen) atoms. The number of nitrogens with zero attached hydrogens (tertiary/aromatic N) is 1. The normalized spacial score (nSPS) is 11.7. The molecule has 0 aliphatic heterocycles. The van der Waals surface area contributed by atoms with Gasteiger partial charge < -0.3 is 29.7 Å². The van der Waals surface area contributed by atoms with E-state index in [1.165, 1.54) is 103 Å². The van der Waals surface area contributed by atoms with E-state index < -0.39 is 6.10 Å². The van der Waals surface area contributed by atoms with E-state index in [9.17, 15) is 19.8 Å². The summed E-state index contributed by atoms with van der Waals surface area (Å²) in [6.45, 7) is 6.25. The van der Waals surface area contributed by atoms with Crippen molar-refractivity contribution in [2.75, 3.05) is 52.6 Å². The molecule has 3 N–H and O–H groups in total. The van der Waals surface area contributed by atoms with Crippen molar-refractivity contribution in [2.45, 2.75) is 200 Å². The van der Waals surface area contributed by atoms with Crippen LogP contribution < -0.4 is 5.32 Å². The number of thiocarbonyl (C=S) groups is 1. The van der Waals surface area contributed by atoms with Gasteiger partial charge in [0.25, 0.3) is 5.17 Å². The number of ether oxygens (including phenoxy) is 3. The highest BCUT2D eigenvalue weighted by Gasteiger charge is 2.18. The molecule has 10 heteroatoms. The minimum atomic E-state index is -0.725. The van der Waals surface area contributed by atoms with E-state index in [0.717, 1.165) is 64.2 Å². The molecule has 0 aromatic rings. The third-order valence-corrected chi connectivity index (χ3v) is 10.2. The van der Waals surface area contributed by atoms with Gasteiger partial charge >= 0.3 is 11.9 Å². The maximum atomic E-state index is 12.6. The van der Waals surface area contributed by atoms with Crippen molar-refractivity contribution in [3.8, 4) is 0 Å². The van der Waals surface area contributed by atoms with Gasteiger partial charge in [0.05, 0.1) is 13.2 Å². The van der Waals surface area contributed by atoms with Gasteiger partial charge in [0.2, 0.25) is 0 Å². The van der Waals surface area contributed by atoms with E-state index in [-0.39, 0.29) is 43.5 Å². The largest absolute Gasteiger partial charge is 0.462 e. The van der Waals surface area contributed by atoms with Gasteiger partial charge in [-0.25, -0.2) is 0 Å². The van der Waals surface area contributed by atoms with Crippen molar-refractivity contribution >= 4 is 29.3 Å². The van der Waals surface area contributed by atoms with Crippen molar-refractivity contribution in [1.82, 2.24) is 10.2 Å². The van der Waals surface area contributed by atoms with E-state index in [0.29, 0.717) is 39.0 Å². The lowest BCUT2D eigenvalue weighted by Gasteiger charge is -2.22. The predicted molar refractivity (Wildman–Crippen MR) is 237 cm³/mol. The minimum Gasteiger partial charge on any atom is -0.462 e. The molecule has 0 aliphatic rings. The molecule has 0 heterocycles. The zero-order valence-corrected chi connectivity index (χ0v) is 37.0. The van der Waals surface area contributed by atoms with E-state index in [4.69, 9.17) is 26.4 Å². The average molecular weight is 811 g/mol. The van der Waals surface area contributed by atoms with Crippen LogP contribution in [-0.4, -0.2) is 90.9 Å². The second-order valence-electron chi connectivity index (χ2n) is 15.3. The highest BCUT2D eigenvalue weighted by molar-refractivity contribution is 7.80. The van der Waals surface area contributed by atoms with Crippen LogP contribution in [0.2, 0.25) is 0 Å². The second kappa shape index (κ2) is 44.1. The second-order valence-corrected chi connectivity index (χ2v) is 15.6. The fraction of sp³-hybridized carbons (Fsp3) is 0.848. The van der Waals surface area contributed by atoms with Crippen molar-refractivity contribution in [3.05, 3.63) is 24.3 Å². The van der Waals surface area contributed by atoms with Crippen molar-refractivity contribution in [2.24, 2.45) is 0 Å². The van der Waals surface area contributed by atoms with Gasteiger partial charge in [-0.05, 0) is 76.4 Å². The summed E-state index contributed by atoms with van der Waals surface area (Å²) in [5.41, 5.74) is 0. The van der Waals surface area contributed by atoms with Gasteiger partial charge in [-0.15, -0.1) is 0 Å². The SMILES string of the molecule is CCCCCCCC/C=C\CCCCCCCC(=O)OCC(COC(=O)CCCCCCC/C=C\CCCCCCCC)OC(=S)NCCN(CCO)CCO. The summed E-state index contributed by atoms with van der Waals surface area (Å²) in [4.78, 5) is 27.0. The Morgan fingerprint density at radius 3 is 1.29 bits per heavy atom. The molecule has 0 spiro atoms. The van der Waals surface area contributed by atoms with Crippen LogP contribution in [0, 0.1) is 0 Å². The van der Waals surface area contributed by atoms with Crippen LogP contribution in [0.3, 0.4) is 0 Å². The zero-order valence-electron chi connectivity index (χ0n) is 36.1. The number of carbonyl (C=O) groups excluding carboxylic acids is 2. The smallest absolute Gasteiger partial charge is 0.305 e. The monoisotopic (exact) mass is 811 g/mol. The summed E-state index contributed by atoms with van der Waals surface area (Å²) >= 11 is 5.38. The molecule has 0 fully saturated rings. The van der Waals surface area contributed by atoms with E-state index in [1.54, 1.807) is 0 Å². The van der Waals surface area contributed by atoms with E-state index >= 15 is 0 Å². The summed E-state index contributed by atoms with van der Waals surface area (Å²) in [6, 6.07) is 0. The summed E-state index contributed by atoms with van der Waals surface area (Å²) in [7, 11) is 0.